The van der Waals surface area contributed by atoms with Gasteiger partial charge in [0.25, 0.3) is 0 Å². The summed E-state index contributed by atoms with van der Waals surface area (Å²) in [6.45, 7) is 1.69. The number of alkyl halides is 3. The van der Waals surface area contributed by atoms with Crippen LogP contribution in [0.1, 0.15) is 28.6 Å². The standard InChI is InChI=1S/C10H12F3NO2S/c1-6(3-10(11,12)13)14-4-8-2-7(5-17-8)9(15)16/h2,5-6,14H,3-4H2,1H3,(H,15,16). The van der Waals surface area contributed by atoms with Crippen LogP contribution in [0.4, 0.5) is 13.2 Å². The summed E-state index contributed by atoms with van der Waals surface area (Å²) in [6.07, 6.45) is -5.09. The maximum atomic E-state index is 12.0. The van der Waals surface area contributed by atoms with Crippen molar-refractivity contribution in [2.45, 2.75) is 32.1 Å². The van der Waals surface area contributed by atoms with Crippen molar-refractivity contribution < 1.29 is 23.1 Å². The summed E-state index contributed by atoms with van der Waals surface area (Å²) in [5.41, 5.74) is 0.162. The Hall–Kier alpha value is -1.08. The Morgan fingerprint density at radius 2 is 2.24 bits per heavy atom. The third-order valence-corrected chi connectivity index (χ3v) is 3.00. The molecule has 1 atom stereocenters. The molecule has 0 aliphatic heterocycles. The number of hydrogen-bond acceptors (Lipinski definition) is 3. The lowest BCUT2D eigenvalue weighted by atomic mass is 10.2. The van der Waals surface area contributed by atoms with Crippen molar-refractivity contribution in [1.29, 1.82) is 0 Å². The van der Waals surface area contributed by atoms with Gasteiger partial charge in [0.05, 0.1) is 12.0 Å². The van der Waals surface area contributed by atoms with Gasteiger partial charge in [0.15, 0.2) is 0 Å². The first kappa shape index (κ1) is 14.0. The lowest BCUT2D eigenvalue weighted by Gasteiger charge is -2.14. The van der Waals surface area contributed by atoms with Crippen LogP contribution in [0.3, 0.4) is 0 Å². The summed E-state index contributed by atoms with van der Waals surface area (Å²) in [5, 5.41) is 12.8. The highest BCUT2D eigenvalue weighted by atomic mass is 32.1. The van der Waals surface area contributed by atoms with Gasteiger partial charge in [-0.3, -0.25) is 0 Å². The number of nitrogens with one attached hydrogen (secondary N) is 1. The average molecular weight is 267 g/mol. The Kier molecular flexibility index (Phi) is 4.53. The van der Waals surface area contributed by atoms with E-state index in [4.69, 9.17) is 5.11 Å². The van der Waals surface area contributed by atoms with Crippen LogP contribution in [-0.2, 0) is 6.54 Å². The van der Waals surface area contributed by atoms with Crippen molar-refractivity contribution >= 4 is 17.3 Å². The highest BCUT2D eigenvalue weighted by Gasteiger charge is 2.29. The average Bonchev–Trinajstić information content (AvgIpc) is 2.60. The molecule has 1 heterocycles. The van der Waals surface area contributed by atoms with Gasteiger partial charge in [-0.1, -0.05) is 0 Å². The SMILES string of the molecule is CC(CC(F)(F)F)NCc1cc(C(=O)O)cs1. The van der Waals surface area contributed by atoms with Gasteiger partial charge in [0.1, 0.15) is 0 Å². The maximum absolute atomic E-state index is 12.0. The zero-order chi connectivity index (χ0) is 13.1. The van der Waals surface area contributed by atoms with Crippen LogP contribution in [0.15, 0.2) is 11.4 Å². The summed E-state index contributed by atoms with van der Waals surface area (Å²) in [7, 11) is 0. The van der Waals surface area contributed by atoms with E-state index in [2.05, 4.69) is 5.32 Å². The Balaban J connectivity index is 2.42. The molecule has 17 heavy (non-hydrogen) atoms. The van der Waals surface area contributed by atoms with Crippen molar-refractivity contribution in [3.63, 3.8) is 0 Å². The Morgan fingerprint density at radius 1 is 1.59 bits per heavy atom. The molecule has 1 aromatic rings. The predicted octanol–water partition coefficient (Wildman–Crippen LogP) is 2.88. The van der Waals surface area contributed by atoms with Gasteiger partial charge in [-0.25, -0.2) is 4.79 Å². The summed E-state index contributed by atoms with van der Waals surface area (Å²) in [5.74, 6) is -1.03. The Bertz CT molecular complexity index is 389. The van der Waals surface area contributed by atoms with Crippen molar-refractivity contribution in [3.8, 4) is 0 Å². The van der Waals surface area contributed by atoms with Gasteiger partial charge in [0, 0.05) is 22.8 Å². The monoisotopic (exact) mass is 267 g/mol. The van der Waals surface area contributed by atoms with Crippen molar-refractivity contribution in [2.75, 3.05) is 0 Å². The molecule has 0 radical (unpaired) electrons. The van der Waals surface area contributed by atoms with Gasteiger partial charge >= 0.3 is 12.1 Å². The number of thiophene rings is 1. The quantitative estimate of drug-likeness (QED) is 0.862. The van der Waals surface area contributed by atoms with Crippen LogP contribution >= 0.6 is 11.3 Å². The van der Waals surface area contributed by atoms with Crippen molar-refractivity contribution in [3.05, 3.63) is 21.9 Å². The molecule has 0 saturated heterocycles. The minimum atomic E-state index is -4.19. The molecule has 7 heteroatoms. The Labute approximate surface area is 100 Å². The number of aromatic carboxylic acids is 1. The smallest absolute Gasteiger partial charge is 0.390 e. The zero-order valence-electron chi connectivity index (χ0n) is 9.04. The largest absolute Gasteiger partial charge is 0.478 e. The fraction of sp³-hybridized carbons (Fsp3) is 0.500. The molecule has 0 saturated carbocycles. The predicted molar refractivity (Wildman–Crippen MR) is 58.3 cm³/mol. The number of carboxylic acid groups (broad SMARTS) is 1. The van der Waals surface area contributed by atoms with Crippen LogP contribution in [-0.4, -0.2) is 23.3 Å². The van der Waals surface area contributed by atoms with Crippen LogP contribution in [0.25, 0.3) is 0 Å². The van der Waals surface area contributed by atoms with Gasteiger partial charge < -0.3 is 10.4 Å². The number of hydrogen-bond donors (Lipinski definition) is 2. The van der Waals surface area contributed by atoms with E-state index >= 15 is 0 Å². The molecular weight excluding hydrogens is 255 g/mol. The van der Waals surface area contributed by atoms with Crippen molar-refractivity contribution in [2.24, 2.45) is 0 Å². The van der Waals surface area contributed by atoms with E-state index in [0.717, 1.165) is 0 Å². The number of carbonyl (C=O) groups is 1. The first-order valence-corrected chi connectivity index (χ1v) is 5.77. The molecular formula is C10H12F3NO2S. The van der Waals surface area contributed by atoms with Crippen LogP contribution in [0.2, 0.25) is 0 Å². The molecule has 96 valence electrons. The highest BCUT2D eigenvalue weighted by Crippen LogP contribution is 2.22. The molecule has 0 aromatic carbocycles. The normalized spacial score (nSPS) is 13.6. The molecule has 0 aliphatic rings. The number of halogens is 3. The summed E-state index contributed by atoms with van der Waals surface area (Å²) in [6, 6.07) is 0.769. The third-order valence-electron chi connectivity index (χ3n) is 2.06. The van der Waals surface area contributed by atoms with Crippen LogP contribution in [0.5, 0.6) is 0 Å². The molecule has 0 bridgehead atoms. The summed E-state index contributed by atoms with van der Waals surface area (Å²) < 4.78 is 36.1. The molecule has 1 aromatic heterocycles. The van der Waals surface area contributed by atoms with E-state index in [1.807, 2.05) is 0 Å². The number of carboxylic acids is 1. The second-order valence-electron chi connectivity index (χ2n) is 3.71. The highest BCUT2D eigenvalue weighted by molar-refractivity contribution is 7.10. The van der Waals surface area contributed by atoms with E-state index in [1.165, 1.54) is 29.7 Å². The van der Waals surface area contributed by atoms with E-state index in [1.54, 1.807) is 0 Å². The molecule has 0 aliphatic carbocycles. The topological polar surface area (TPSA) is 49.3 Å². The molecule has 3 nitrogen and oxygen atoms in total. The fourth-order valence-electron chi connectivity index (χ4n) is 1.28. The maximum Gasteiger partial charge on any atom is 0.390 e. The van der Waals surface area contributed by atoms with Gasteiger partial charge in [-0.15, -0.1) is 11.3 Å². The second kappa shape index (κ2) is 5.50. The van der Waals surface area contributed by atoms with E-state index < -0.39 is 24.6 Å². The van der Waals surface area contributed by atoms with E-state index in [9.17, 15) is 18.0 Å². The Morgan fingerprint density at radius 3 is 2.71 bits per heavy atom. The number of rotatable bonds is 5. The first-order valence-electron chi connectivity index (χ1n) is 4.89. The van der Waals surface area contributed by atoms with E-state index in [-0.39, 0.29) is 12.1 Å². The molecule has 0 spiro atoms. The minimum absolute atomic E-state index is 0.162. The van der Waals surface area contributed by atoms with Gasteiger partial charge in [0.2, 0.25) is 0 Å². The summed E-state index contributed by atoms with van der Waals surface area (Å²) >= 11 is 1.21. The van der Waals surface area contributed by atoms with Crippen LogP contribution < -0.4 is 5.32 Å². The molecule has 0 fully saturated rings. The minimum Gasteiger partial charge on any atom is -0.478 e. The van der Waals surface area contributed by atoms with Gasteiger partial charge in [-0.2, -0.15) is 13.2 Å². The molecule has 0 amide bonds. The fourth-order valence-corrected chi connectivity index (χ4v) is 2.09. The lowest BCUT2D eigenvalue weighted by Crippen LogP contribution is -2.30. The van der Waals surface area contributed by atoms with Gasteiger partial charge in [-0.05, 0) is 13.0 Å². The molecule has 1 unspecified atom stereocenters. The molecule has 2 N–H and O–H groups in total. The second-order valence-corrected chi connectivity index (χ2v) is 4.70. The zero-order valence-corrected chi connectivity index (χ0v) is 9.86. The lowest BCUT2D eigenvalue weighted by molar-refractivity contribution is -0.139. The third kappa shape index (κ3) is 5.18. The summed E-state index contributed by atoms with van der Waals surface area (Å²) in [4.78, 5) is 11.3. The van der Waals surface area contributed by atoms with Crippen LogP contribution in [0, 0.1) is 0 Å². The van der Waals surface area contributed by atoms with E-state index in [0.29, 0.717) is 4.88 Å². The van der Waals surface area contributed by atoms with Crippen molar-refractivity contribution in [1.82, 2.24) is 5.32 Å². The first-order chi connectivity index (χ1) is 7.78. The molecule has 1 rings (SSSR count).